The fourth-order valence-corrected chi connectivity index (χ4v) is 5.79. The SMILES string of the molecule is O=C(O)N1CC2(C1)C(=O)N(Cc1nc3c(n1CCCC(F)(F)F)CCCC3)c1ccc(Br)cc12. The molecule has 1 aromatic heterocycles. The Balaban J connectivity index is 1.47. The van der Waals surface area contributed by atoms with E-state index in [2.05, 4.69) is 15.9 Å². The zero-order valence-electron chi connectivity index (χ0n) is 18.4. The normalized spacial score (nSPS) is 18.8. The lowest BCUT2D eigenvalue weighted by molar-refractivity contribution is -0.136. The summed E-state index contributed by atoms with van der Waals surface area (Å²) < 4.78 is 41.0. The van der Waals surface area contributed by atoms with E-state index in [0.29, 0.717) is 11.5 Å². The number of nitrogens with zero attached hydrogens (tertiary/aromatic N) is 4. The zero-order valence-corrected chi connectivity index (χ0v) is 20.0. The average Bonchev–Trinajstić information content (AvgIpc) is 3.19. The number of carbonyl (C=O) groups is 2. The highest BCUT2D eigenvalue weighted by atomic mass is 79.9. The van der Waals surface area contributed by atoms with Gasteiger partial charge in [0, 0.05) is 41.9 Å². The predicted molar refractivity (Wildman–Crippen MR) is 121 cm³/mol. The Morgan fingerprint density at radius 3 is 2.65 bits per heavy atom. The minimum Gasteiger partial charge on any atom is -0.465 e. The number of aryl methyl sites for hydroxylation is 1. The van der Waals surface area contributed by atoms with Crippen molar-refractivity contribution in [3.05, 3.63) is 45.4 Å². The van der Waals surface area contributed by atoms with Crippen molar-refractivity contribution in [2.24, 2.45) is 0 Å². The number of alkyl halides is 3. The highest BCUT2D eigenvalue weighted by Crippen LogP contribution is 2.48. The van der Waals surface area contributed by atoms with Gasteiger partial charge in [0.1, 0.15) is 11.2 Å². The van der Waals surface area contributed by atoms with Crippen LogP contribution in [0.15, 0.2) is 22.7 Å². The number of halogens is 4. The molecule has 34 heavy (non-hydrogen) atoms. The average molecular weight is 541 g/mol. The molecule has 3 heterocycles. The summed E-state index contributed by atoms with van der Waals surface area (Å²) >= 11 is 3.45. The van der Waals surface area contributed by atoms with E-state index < -0.39 is 24.1 Å². The molecule has 0 atom stereocenters. The molecule has 0 saturated carbocycles. The fourth-order valence-electron chi connectivity index (χ4n) is 5.43. The maximum Gasteiger partial charge on any atom is 0.407 e. The second-order valence-corrected chi connectivity index (χ2v) is 10.2. The van der Waals surface area contributed by atoms with Crippen LogP contribution in [0.25, 0.3) is 0 Å². The lowest BCUT2D eigenvalue weighted by atomic mass is 9.75. The van der Waals surface area contributed by atoms with Crippen LogP contribution in [0.5, 0.6) is 0 Å². The lowest BCUT2D eigenvalue weighted by Crippen LogP contribution is -2.65. The molecule has 0 unspecified atom stereocenters. The Kier molecular flexibility index (Phi) is 5.65. The van der Waals surface area contributed by atoms with E-state index in [1.54, 1.807) is 4.90 Å². The van der Waals surface area contributed by atoms with Gasteiger partial charge in [-0.15, -0.1) is 0 Å². The Hall–Kier alpha value is -2.56. The number of fused-ring (bicyclic) bond motifs is 3. The van der Waals surface area contributed by atoms with Crippen LogP contribution in [-0.4, -0.2) is 50.8 Å². The molecule has 1 N–H and O–H groups in total. The molecule has 2 aromatic rings. The minimum atomic E-state index is -4.22. The number of hydrogen-bond donors (Lipinski definition) is 1. The van der Waals surface area contributed by atoms with Crippen molar-refractivity contribution in [1.82, 2.24) is 14.5 Å². The summed E-state index contributed by atoms with van der Waals surface area (Å²) in [5.41, 5.74) is 2.41. The van der Waals surface area contributed by atoms with Crippen molar-refractivity contribution in [2.75, 3.05) is 18.0 Å². The monoisotopic (exact) mass is 540 g/mol. The Bertz CT molecular complexity index is 1160. The molecule has 3 aliphatic rings. The summed E-state index contributed by atoms with van der Waals surface area (Å²) in [5, 5.41) is 9.33. The third-order valence-electron chi connectivity index (χ3n) is 7.06. The molecule has 5 rings (SSSR count). The van der Waals surface area contributed by atoms with E-state index in [9.17, 15) is 27.9 Å². The number of benzene rings is 1. The lowest BCUT2D eigenvalue weighted by Gasteiger charge is -2.45. The number of aromatic nitrogens is 2. The predicted octanol–water partition coefficient (Wildman–Crippen LogP) is 4.65. The van der Waals surface area contributed by atoms with Gasteiger partial charge in [0.05, 0.1) is 12.2 Å². The first-order valence-electron chi connectivity index (χ1n) is 11.3. The molecule has 7 nitrogen and oxygen atoms in total. The van der Waals surface area contributed by atoms with Crippen molar-refractivity contribution in [3.63, 3.8) is 0 Å². The molecule has 1 aromatic carbocycles. The van der Waals surface area contributed by atoms with Crippen LogP contribution in [0.1, 0.15) is 48.5 Å². The smallest absolute Gasteiger partial charge is 0.407 e. The van der Waals surface area contributed by atoms with Crippen molar-refractivity contribution in [2.45, 2.75) is 63.2 Å². The van der Waals surface area contributed by atoms with Crippen LogP contribution in [0.3, 0.4) is 0 Å². The number of carbonyl (C=O) groups excluding carboxylic acids is 1. The summed E-state index contributed by atoms with van der Waals surface area (Å²) in [6.07, 6.45) is -2.70. The van der Waals surface area contributed by atoms with Crippen molar-refractivity contribution < 1.29 is 27.9 Å². The summed E-state index contributed by atoms with van der Waals surface area (Å²) in [6, 6.07) is 5.51. The first-order chi connectivity index (χ1) is 16.1. The summed E-state index contributed by atoms with van der Waals surface area (Å²) in [7, 11) is 0. The molecular formula is C23H24BrF3N4O3. The van der Waals surface area contributed by atoms with Crippen LogP contribution in [0.4, 0.5) is 23.7 Å². The highest BCUT2D eigenvalue weighted by molar-refractivity contribution is 9.10. The van der Waals surface area contributed by atoms with Gasteiger partial charge < -0.3 is 19.5 Å². The molecule has 1 saturated heterocycles. The molecule has 0 radical (unpaired) electrons. The topological polar surface area (TPSA) is 78.7 Å². The van der Waals surface area contributed by atoms with Crippen molar-refractivity contribution in [3.8, 4) is 0 Å². The Labute approximate surface area is 202 Å². The number of anilines is 1. The number of hydrogen-bond acceptors (Lipinski definition) is 3. The van der Waals surface area contributed by atoms with Crippen molar-refractivity contribution >= 4 is 33.6 Å². The Morgan fingerprint density at radius 2 is 1.94 bits per heavy atom. The summed E-state index contributed by atoms with van der Waals surface area (Å²) in [4.78, 5) is 32.7. The largest absolute Gasteiger partial charge is 0.465 e. The van der Waals surface area contributed by atoms with Gasteiger partial charge in [-0.05, 0) is 55.9 Å². The van der Waals surface area contributed by atoms with Gasteiger partial charge in [-0.2, -0.15) is 13.2 Å². The molecule has 11 heteroatoms. The first kappa shape index (κ1) is 23.2. The summed E-state index contributed by atoms with van der Waals surface area (Å²) in [6.45, 7) is 0.501. The molecule has 0 bridgehead atoms. The quantitative estimate of drug-likeness (QED) is 0.598. The molecule has 182 valence electrons. The highest BCUT2D eigenvalue weighted by Gasteiger charge is 2.59. The van der Waals surface area contributed by atoms with Gasteiger partial charge in [0.15, 0.2) is 0 Å². The maximum absolute atomic E-state index is 13.7. The molecule has 1 spiro atoms. The molecular weight excluding hydrogens is 517 g/mol. The number of imidazole rings is 1. The summed E-state index contributed by atoms with van der Waals surface area (Å²) in [5.74, 6) is 0.392. The molecule has 2 amide bonds. The van der Waals surface area contributed by atoms with E-state index in [4.69, 9.17) is 4.98 Å². The third-order valence-corrected chi connectivity index (χ3v) is 7.56. The van der Waals surface area contributed by atoms with Gasteiger partial charge in [-0.3, -0.25) is 4.79 Å². The second-order valence-electron chi connectivity index (χ2n) is 9.27. The van der Waals surface area contributed by atoms with E-state index in [1.807, 2.05) is 22.8 Å². The molecule has 1 fully saturated rings. The third kappa shape index (κ3) is 3.87. The molecule has 1 aliphatic carbocycles. The van der Waals surface area contributed by atoms with E-state index in [-0.39, 0.29) is 38.5 Å². The number of amides is 2. The standard InChI is InChI=1S/C23H24BrF3N4O3/c24-14-6-7-17-15(10-14)22(12-29(13-22)21(33)34)20(32)31(17)11-19-28-16-4-1-2-5-18(16)30(19)9-3-8-23(25,26)27/h6-7,10H,1-5,8-9,11-13H2,(H,33,34). The van der Waals surface area contributed by atoms with E-state index in [1.165, 1.54) is 4.90 Å². The zero-order chi connectivity index (χ0) is 24.3. The van der Waals surface area contributed by atoms with E-state index in [0.717, 1.165) is 47.1 Å². The fraction of sp³-hybridized carbons (Fsp3) is 0.522. The van der Waals surface area contributed by atoms with Gasteiger partial charge in [-0.25, -0.2) is 9.78 Å². The van der Waals surface area contributed by atoms with E-state index >= 15 is 0 Å². The minimum absolute atomic E-state index is 0.0473. The van der Waals surface area contributed by atoms with Crippen molar-refractivity contribution in [1.29, 1.82) is 0 Å². The number of likely N-dealkylation sites (tertiary alicyclic amines) is 1. The van der Waals surface area contributed by atoms with Crippen LogP contribution < -0.4 is 4.90 Å². The number of carboxylic acid groups (broad SMARTS) is 1. The van der Waals surface area contributed by atoms with Crippen LogP contribution in [0, 0.1) is 0 Å². The van der Waals surface area contributed by atoms with Crippen LogP contribution >= 0.6 is 15.9 Å². The van der Waals surface area contributed by atoms with Gasteiger partial charge in [0.25, 0.3) is 0 Å². The second kappa shape index (κ2) is 8.28. The van der Waals surface area contributed by atoms with Crippen LogP contribution in [-0.2, 0) is 36.1 Å². The van der Waals surface area contributed by atoms with Gasteiger partial charge in [0.2, 0.25) is 5.91 Å². The Morgan fingerprint density at radius 1 is 1.21 bits per heavy atom. The van der Waals surface area contributed by atoms with Crippen LogP contribution in [0.2, 0.25) is 0 Å². The van der Waals surface area contributed by atoms with Gasteiger partial charge in [-0.1, -0.05) is 15.9 Å². The molecule has 2 aliphatic heterocycles. The van der Waals surface area contributed by atoms with Gasteiger partial charge >= 0.3 is 12.3 Å². The number of rotatable bonds is 5. The maximum atomic E-state index is 13.7. The first-order valence-corrected chi connectivity index (χ1v) is 12.1.